The molecule has 2 aliphatic carbocycles. The lowest BCUT2D eigenvalue weighted by atomic mass is 9.66. The molecule has 164 valence electrons. The van der Waals surface area contributed by atoms with Crippen molar-refractivity contribution in [3.63, 3.8) is 0 Å². The third-order valence-electron chi connectivity index (χ3n) is 7.46. The lowest BCUT2D eigenvalue weighted by Gasteiger charge is -2.46. The minimum absolute atomic E-state index is 0.0207. The van der Waals surface area contributed by atoms with Gasteiger partial charge in [0.1, 0.15) is 6.10 Å². The van der Waals surface area contributed by atoms with Crippen LogP contribution in [0.3, 0.4) is 0 Å². The molecule has 6 heteroatoms. The van der Waals surface area contributed by atoms with Crippen LogP contribution in [0.15, 0.2) is 11.3 Å². The zero-order valence-electron chi connectivity index (χ0n) is 19.1. The molecule has 1 saturated carbocycles. The summed E-state index contributed by atoms with van der Waals surface area (Å²) >= 11 is 0. The number of esters is 2. The number of allylic oxidation sites excluding steroid dienone is 1. The Labute approximate surface area is 176 Å². The molecule has 5 nitrogen and oxygen atoms in total. The van der Waals surface area contributed by atoms with Crippen LogP contribution >= 0.6 is 0 Å². The SMILES string of the molecule is CCOC(=O)[C@H]1CC(O[Si](C(C)C)(C(C)C)C(C)C)=C2CCC[C@@H]3OC(=O)[C@H]1[C@H]23. The van der Waals surface area contributed by atoms with Crippen molar-refractivity contribution in [3.05, 3.63) is 11.3 Å². The van der Waals surface area contributed by atoms with E-state index >= 15 is 0 Å². The summed E-state index contributed by atoms with van der Waals surface area (Å²) in [5.74, 6) is -0.451. The minimum atomic E-state index is -2.15. The Hall–Kier alpha value is -1.30. The van der Waals surface area contributed by atoms with Crippen molar-refractivity contribution in [2.45, 2.75) is 96.9 Å². The van der Waals surface area contributed by atoms with Gasteiger partial charge in [-0.3, -0.25) is 9.59 Å². The van der Waals surface area contributed by atoms with Crippen LogP contribution in [-0.4, -0.2) is 33.0 Å². The van der Waals surface area contributed by atoms with Gasteiger partial charge in [-0.25, -0.2) is 0 Å². The van der Waals surface area contributed by atoms with E-state index in [1.54, 1.807) is 0 Å². The Morgan fingerprint density at radius 3 is 2.28 bits per heavy atom. The number of carbonyl (C=O) groups is 2. The molecule has 0 spiro atoms. The highest BCUT2D eigenvalue weighted by atomic mass is 28.4. The van der Waals surface area contributed by atoms with E-state index in [-0.39, 0.29) is 24.0 Å². The van der Waals surface area contributed by atoms with Crippen LogP contribution in [-0.2, 0) is 23.5 Å². The lowest BCUT2D eigenvalue weighted by Crippen LogP contribution is -2.49. The first kappa shape index (κ1) is 22.4. The van der Waals surface area contributed by atoms with E-state index in [4.69, 9.17) is 13.9 Å². The molecule has 0 aromatic rings. The van der Waals surface area contributed by atoms with Gasteiger partial charge in [-0.1, -0.05) is 41.5 Å². The third-order valence-corrected chi connectivity index (χ3v) is 13.5. The van der Waals surface area contributed by atoms with Crippen LogP contribution in [0, 0.1) is 17.8 Å². The van der Waals surface area contributed by atoms with E-state index < -0.39 is 20.2 Å². The van der Waals surface area contributed by atoms with Gasteiger partial charge in [-0.05, 0) is 48.4 Å². The molecule has 0 radical (unpaired) electrons. The molecule has 3 aliphatic rings. The summed E-state index contributed by atoms with van der Waals surface area (Å²) in [6.45, 7) is 15.8. The van der Waals surface area contributed by atoms with Gasteiger partial charge in [0, 0.05) is 12.3 Å². The van der Waals surface area contributed by atoms with Crippen LogP contribution in [0.2, 0.25) is 16.6 Å². The summed E-state index contributed by atoms with van der Waals surface area (Å²) in [6, 6.07) is 0. The maximum absolute atomic E-state index is 12.8. The maximum Gasteiger partial charge on any atom is 0.310 e. The second-order valence-corrected chi connectivity index (χ2v) is 15.2. The molecule has 1 aliphatic heterocycles. The zero-order valence-corrected chi connectivity index (χ0v) is 20.1. The molecule has 1 heterocycles. The number of hydrogen-bond donors (Lipinski definition) is 0. The Morgan fingerprint density at radius 2 is 1.72 bits per heavy atom. The smallest absolute Gasteiger partial charge is 0.310 e. The maximum atomic E-state index is 12.8. The predicted molar refractivity (Wildman–Crippen MR) is 115 cm³/mol. The summed E-state index contributed by atoms with van der Waals surface area (Å²) in [5.41, 5.74) is 2.61. The predicted octanol–water partition coefficient (Wildman–Crippen LogP) is 5.36. The first-order valence-electron chi connectivity index (χ1n) is 11.4. The fraction of sp³-hybridized carbons (Fsp3) is 0.826. The van der Waals surface area contributed by atoms with E-state index in [1.165, 1.54) is 5.57 Å². The molecule has 0 bridgehead atoms. The molecule has 2 fully saturated rings. The summed E-state index contributed by atoms with van der Waals surface area (Å²) in [5, 5.41) is 0. The Morgan fingerprint density at radius 1 is 1.10 bits per heavy atom. The van der Waals surface area contributed by atoms with Gasteiger partial charge in [0.15, 0.2) is 0 Å². The standard InChI is InChI=1S/C23H38O5Si/c1-8-26-22(24)17-12-19(28-29(13(2)3,14(4)5)15(6)7)16-10-9-11-18-20(16)21(17)23(25)27-18/h13-15,17-18,20-21H,8-12H2,1-7H3/t17-,18-,20+,21+/m0/s1. The summed E-state index contributed by atoms with van der Waals surface area (Å²) in [7, 11) is -2.15. The summed E-state index contributed by atoms with van der Waals surface area (Å²) in [6.07, 6.45) is 3.18. The Bertz CT molecular complexity index is 659. The van der Waals surface area contributed by atoms with E-state index in [2.05, 4.69) is 41.5 Å². The van der Waals surface area contributed by atoms with Gasteiger partial charge in [0.2, 0.25) is 0 Å². The van der Waals surface area contributed by atoms with Gasteiger partial charge in [0.05, 0.1) is 24.2 Å². The molecule has 0 amide bonds. The molecule has 3 rings (SSSR count). The highest BCUT2D eigenvalue weighted by Gasteiger charge is 2.58. The second-order valence-electron chi connectivity index (χ2n) is 9.85. The molecule has 29 heavy (non-hydrogen) atoms. The number of carbonyl (C=O) groups excluding carboxylic acids is 2. The number of rotatable bonds is 7. The molecular weight excluding hydrogens is 384 g/mol. The molecule has 0 aromatic carbocycles. The van der Waals surface area contributed by atoms with Crippen molar-refractivity contribution in [1.82, 2.24) is 0 Å². The van der Waals surface area contributed by atoms with Gasteiger partial charge in [0.25, 0.3) is 8.32 Å². The van der Waals surface area contributed by atoms with Gasteiger partial charge in [-0.15, -0.1) is 0 Å². The summed E-state index contributed by atoms with van der Waals surface area (Å²) < 4.78 is 18.2. The van der Waals surface area contributed by atoms with Crippen LogP contribution in [0.5, 0.6) is 0 Å². The lowest BCUT2D eigenvalue weighted by molar-refractivity contribution is -0.156. The monoisotopic (exact) mass is 422 g/mol. The van der Waals surface area contributed by atoms with Crippen LogP contribution in [0.4, 0.5) is 0 Å². The zero-order chi connectivity index (χ0) is 21.5. The van der Waals surface area contributed by atoms with Crippen LogP contribution in [0.1, 0.15) is 74.1 Å². The van der Waals surface area contributed by atoms with Gasteiger partial charge < -0.3 is 13.9 Å². The second kappa shape index (κ2) is 8.44. The topological polar surface area (TPSA) is 61.8 Å². The first-order chi connectivity index (χ1) is 13.6. The highest BCUT2D eigenvalue weighted by Crippen LogP contribution is 2.54. The van der Waals surface area contributed by atoms with Crippen molar-refractivity contribution in [1.29, 1.82) is 0 Å². The van der Waals surface area contributed by atoms with E-state index in [9.17, 15) is 9.59 Å². The van der Waals surface area contributed by atoms with Gasteiger partial charge >= 0.3 is 11.9 Å². The highest BCUT2D eigenvalue weighted by molar-refractivity contribution is 6.77. The Balaban J connectivity index is 2.06. The Kier molecular flexibility index (Phi) is 6.52. The molecular formula is C23H38O5Si. The molecule has 4 atom stereocenters. The fourth-order valence-corrected chi connectivity index (χ4v) is 11.7. The van der Waals surface area contributed by atoms with Crippen LogP contribution in [0.25, 0.3) is 0 Å². The van der Waals surface area contributed by atoms with Crippen molar-refractivity contribution in [2.75, 3.05) is 6.61 Å². The number of hydrogen-bond acceptors (Lipinski definition) is 5. The first-order valence-corrected chi connectivity index (χ1v) is 13.6. The van der Waals surface area contributed by atoms with E-state index in [0.717, 1.165) is 25.0 Å². The quantitative estimate of drug-likeness (QED) is 0.408. The minimum Gasteiger partial charge on any atom is -0.546 e. The van der Waals surface area contributed by atoms with Crippen molar-refractivity contribution >= 4 is 20.3 Å². The van der Waals surface area contributed by atoms with E-state index in [1.807, 2.05) is 6.92 Å². The average molecular weight is 423 g/mol. The van der Waals surface area contributed by atoms with Crippen molar-refractivity contribution < 1.29 is 23.5 Å². The fourth-order valence-electron chi connectivity index (χ4n) is 6.37. The van der Waals surface area contributed by atoms with Crippen LogP contribution < -0.4 is 0 Å². The van der Waals surface area contributed by atoms with E-state index in [0.29, 0.717) is 29.7 Å². The van der Waals surface area contributed by atoms with Gasteiger partial charge in [-0.2, -0.15) is 0 Å². The molecule has 0 aromatic heterocycles. The van der Waals surface area contributed by atoms with Crippen molar-refractivity contribution in [3.8, 4) is 0 Å². The average Bonchev–Trinajstić information content (AvgIpc) is 2.98. The summed E-state index contributed by atoms with van der Waals surface area (Å²) in [4.78, 5) is 25.5. The number of ether oxygens (including phenoxy) is 2. The van der Waals surface area contributed by atoms with Crippen molar-refractivity contribution in [2.24, 2.45) is 17.8 Å². The molecule has 0 N–H and O–H groups in total. The largest absolute Gasteiger partial charge is 0.546 e. The normalized spacial score (nSPS) is 29.4. The molecule has 0 unspecified atom stereocenters. The molecule has 1 saturated heterocycles. The third kappa shape index (κ3) is 3.66.